The molecule has 0 aliphatic rings. The smallest absolute Gasteiger partial charge is 0.226 e. The second kappa shape index (κ2) is 5.82. The minimum absolute atomic E-state index is 0.129. The molecule has 0 bridgehead atoms. The third kappa shape index (κ3) is 4.56. The van der Waals surface area contributed by atoms with Gasteiger partial charge in [0.15, 0.2) is 0 Å². The van der Waals surface area contributed by atoms with E-state index in [0.717, 1.165) is 5.69 Å². The Morgan fingerprint density at radius 2 is 2.12 bits per heavy atom. The first-order valence-electron chi connectivity index (χ1n) is 5.84. The molecule has 5 nitrogen and oxygen atoms in total. The van der Waals surface area contributed by atoms with Crippen molar-refractivity contribution in [3.8, 4) is 5.88 Å². The van der Waals surface area contributed by atoms with Crippen LogP contribution in [0.3, 0.4) is 0 Å². The van der Waals surface area contributed by atoms with E-state index in [1.165, 1.54) is 0 Å². The highest BCUT2D eigenvalue weighted by molar-refractivity contribution is 5.33. The van der Waals surface area contributed by atoms with Crippen LogP contribution >= 0.6 is 0 Å². The van der Waals surface area contributed by atoms with Crippen LogP contribution in [0, 0.1) is 6.92 Å². The topological polar surface area (TPSA) is 67.3 Å². The summed E-state index contributed by atoms with van der Waals surface area (Å²) in [6.45, 7) is 8.51. The second-order valence-corrected chi connectivity index (χ2v) is 4.59. The zero-order valence-electron chi connectivity index (χ0n) is 10.9. The van der Waals surface area contributed by atoms with E-state index in [4.69, 9.17) is 9.84 Å². The Bertz CT molecular complexity index is 367. The molecule has 0 aliphatic heterocycles. The van der Waals surface area contributed by atoms with Gasteiger partial charge in [-0.15, -0.1) is 0 Å². The molecule has 1 heterocycles. The summed E-state index contributed by atoms with van der Waals surface area (Å²) in [7, 11) is 0. The molecule has 0 aromatic carbocycles. The molecule has 0 saturated carbocycles. The zero-order valence-corrected chi connectivity index (χ0v) is 10.9. The lowest BCUT2D eigenvalue weighted by Crippen LogP contribution is -2.33. The number of nitrogens with zero attached hydrogens (tertiary/aromatic N) is 2. The highest BCUT2D eigenvalue weighted by Crippen LogP contribution is 2.17. The maximum Gasteiger partial charge on any atom is 0.226 e. The van der Waals surface area contributed by atoms with Crippen LogP contribution in [0.4, 0.5) is 5.95 Å². The van der Waals surface area contributed by atoms with Gasteiger partial charge in [-0.25, -0.2) is 4.98 Å². The van der Waals surface area contributed by atoms with Gasteiger partial charge in [-0.3, -0.25) is 0 Å². The highest BCUT2D eigenvalue weighted by Gasteiger charge is 2.18. The van der Waals surface area contributed by atoms with Gasteiger partial charge in [0, 0.05) is 23.9 Å². The Morgan fingerprint density at radius 1 is 1.41 bits per heavy atom. The molecule has 1 aromatic rings. The Hall–Kier alpha value is -1.36. The lowest BCUT2D eigenvalue weighted by atomic mass is 10.0. The lowest BCUT2D eigenvalue weighted by Gasteiger charge is -2.25. The van der Waals surface area contributed by atoms with Gasteiger partial charge in [0.2, 0.25) is 11.8 Å². The fourth-order valence-electron chi connectivity index (χ4n) is 1.46. The molecule has 2 N–H and O–H groups in total. The number of nitrogens with one attached hydrogen (secondary N) is 1. The largest absolute Gasteiger partial charge is 0.478 e. The van der Waals surface area contributed by atoms with Gasteiger partial charge >= 0.3 is 0 Å². The first-order valence-corrected chi connectivity index (χ1v) is 5.84. The SMILES string of the molecule is CCOc1cc(C)nc(NC(C)(C)CCO)n1. The summed E-state index contributed by atoms with van der Waals surface area (Å²) < 4.78 is 5.36. The second-order valence-electron chi connectivity index (χ2n) is 4.59. The summed E-state index contributed by atoms with van der Waals surface area (Å²) in [5.74, 6) is 1.11. The fourth-order valence-corrected chi connectivity index (χ4v) is 1.46. The van der Waals surface area contributed by atoms with E-state index < -0.39 is 0 Å². The van der Waals surface area contributed by atoms with Crippen molar-refractivity contribution in [1.29, 1.82) is 0 Å². The predicted molar refractivity (Wildman–Crippen MR) is 67.3 cm³/mol. The number of aryl methyl sites for hydroxylation is 1. The molecule has 1 rings (SSSR count). The first kappa shape index (κ1) is 13.7. The molecule has 0 radical (unpaired) electrons. The third-order valence-electron chi connectivity index (χ3n) is 2.31. The van der Waals surface area contributed by atoms with E-state index in [9.17, 15) is 0 Å². The maximum absolute atomic E-state index is 8.97. The Morgan fingerprint density at radius 3 is 2.71 bits per heavy atom. The monoisotopic (exact) mass is 239 g/mol. The van der Waals surface area contributed by atoms with Gasteiger partial charge < -0.3 is 15.2 Å². The number of hydrogen-bond acceptors (Lipinski definition) is 5. The van der Waals surface area contributed by atoms with Crippen LogP contribution in [0.2, 0.25) is 0 Å². The Labute approximate surface area is 102 Å². The average Bonchev–Trinajstić information content (AvgIpc) is 2.15. The van der Waals surface area contributed by atoms with E-state index in [-0.39, 0.29) is 12.1 Å². The van der Waals surface area contributed by atoms with E-state index in [1.807, 2.05) is 27.7 Å². The number of rotatable bonds is 6. The van der Waals surface area contributed by atoms with Gasteiger partial charge in [0.25, 0.3) is 0 Å². The summed E-state index contributed by atoms with van der Waals surface area (Å²) in [4.78, 5) is 8.56. The molecule has 0 saturated heterocycles. The maximum atomic E-state index is 8.97. The predicted octanol–water partition coefficient (Wildman–Crippen LogP) is 1.76. The van der Waals surface area contributed by atoms with Crippen molar-refractivity contribution in [3.05, 3.63) is 11.8 Å². The molecule has 0 spiro atoms. The minimum Gasteiger partial charge on any atom is -0.478 e. The molecule has 0 amide bonds. The Balaban J connectivity index is 2.83. The number of aliphatic hydroxyl groups excluding tert-OH is 1. The molecule has 0 unspecified atom stereocenters. The van der Waals surface area contributed by atoms with Gasteiger partial charge in [0.1, 0.15) is 0 Å². The molecule has 1 aromatic heterocycles. The van der Waals surface area contributed by atoms with E-state index in [2.05, 4.69) is 15.3 Å². The van der Waals surface area contributed by atoms with Crippen molar-refractivity contribution in [1.82, 2.24) is 9.97 Å². The van der Waals surface area contributed by atoms with Crippen LogP contribution < -0.4 is 10.1 Å². The summed E-state index contributed by atoms with van der Waals surface area (Å²) in [6, 6.07) is 1.80. The molecular formula is C12H21N3O2. The van der Waals surface area contributed by atoms with Crippen LogP contribution in [0.5, 0.6) is 5.88 Å². The summed E-state index contributed by atoms with van der Waals surface area (Å²) in [6.07, 6.45) is 0.633. The number of aromatic nitrogens is 2. The van der Waals surface area contributed by atoms with Crippen molar-refractivity contribution in [2.45, 2.75) is 39.7 Å². The number of ether oxygens (including phenoxy) is 1. The molecule has 0 aliphatic carbocycles. The summed E-state index contributed by atoms with van der Waals surface area (Å²) >= 11 is 0. The van der Waals surface area contributed by atoms with E-state index in [0.29, 0.717) is 24.9 Å². The van der Waals surface area contributed by atoms with Crippen molar-refractivity contribution in [2.75, 3.05) is 18.5 Å². The normalized spacial score (nSPS) is 11.4. The van der Waals surface area contributed by atoms with E-state index >= 15 is 0 Å². The lowest BCUT2D eigenvalue weighted by molar-refractivity contribution is 0.260. The standard InChI is InChI=1S/C12H21N3O2/c1-5-17-10-8-9(2)13-11(14-10)15-12(3,4)6-7-16/h8,16H,5-7H2,1-4H3,(H,13,14,15). The average molecular weight is 239 g/mol. The number of anilines is 1. The first-order chi connectivity index (χ1) is 7.96. The van der Waals surface area contributed by atoms with Gasteiger partial charge in [-0.05, 0) is 34.1 Å². The molecule has 96 valence electrons. The molecule has 0 fully saturated rings. The molecule has 17 heavy (non-hydrogen) atoms. The van der Waals surface area contributed by atoms with Gasteiger partial charge in [-0.1, -0.05) is 0 Å². The van der Waals surface area contributed by atoms with Crippen LogP contribution in [-0.4, -0.2) is 33.8 Å². The van der Waals surface area contributed by atoms with Crippen molar-refractivity contribution in [2.24, 2.45) is 0 Å². The van der Waals surface area contributed by atoms with Crippen molar-refractivity contribution in [3.63, 3.8) is 0 Å². The molecule has 0 atom stereocenters. The van der Waals surface area contributed by atoms with Crippen LogP contribution in [0.1, 0.15) is 32.9 Å². The van der Waals surface area contributed by atoms with Crippen molar-refractivity contribution < 1.29 is 9.84 Å². The van der Waals surface area contributed by atoms with E-state index in [1.54, 1.807) is 6.07 Å². The van der Waals surface area contributed by atoms with Crippen LogP contribution in [-0.2, 0) is 0 Å². The van der Waals surface area contributed by atoms with Crippen LogP contribution in [0.15, 0.2) is 6.07 Å². The summed E-state index contributed by atoms with van der Waals surface area (Å²) in [5, 5.41) is 12.2. The molecule has 5 heteroatoms. The number of aliphatic hydroxyl groups is 1. The van der Waals surface area contributed by atoms with Gasteiger partial charge in [-0.2, -0.15) is 4.98 Å². The number of hydrogen-bond donors (Lipinski definition) is 2. The van der Waals surface area contributed by atoms with Gasteiger partial charge in [0.05, 0.1) is 6.61 Å². The third-order valence-corrected chi connectivity index (χ3v) is 2.31. The fraction of sp³-hybridized carbons (Fsp3) is 0.667. The van der Waals surface area contributed by atoms with Crippen molar-refractivity contribution >= 4 is 5.95 Å². The zero-order chi connectivity index (χ0) is 12.9. The minimum atomic E-state index is -0.244. The van der Waals surface area contributed by atoms with Crippen LogP contribution in [0.25, 0.3) is 0 Å². The quantitative estimate of drug-likeness (QED) is 0.791. The highest BCUT2D eigenvalue weighted by atomic mass is 16.5. The summed E-state index contributed by atoms with van der Waals surface area (Å²) in [5.41, 5.74) is 0.609. The Kier molecular flexibility index (Phi) is 4.69. The molecular weight excluding hydrogens is 218 g/mol.